The summed E-state index contributed by atoms with van der Waals surface area (Å²) in [6.45, 7) is 0. The van der Waals surface area contributed by atoms with Crippen LogP contribution < -0.4 is 5.56 Å². The topological polar surface area (TPSA) is 35.1 Å². The van der Waals surface area contributed by atoms with Crippen molar-refractivity contribution < 1.29 is 4.42 Å². The summed E-state index contributed by atoms with van der Waals surface area (Å²) in [5, 5.41) is 1.97. The molecule has 2 aromatic carbocycles. The average molecular weight is 261 g/mol. The molecule has 0 unspecified atom stereocenters. The van der Waals surface area contributed by atoms with E-state index in [0.717, 1.165) is 22.0 Å². The van der Waals surface area contributed by atoms with Gasteiger partial charge in [-0.25, -0.2) is 4.57 Å². The van der Waals surface area contributed by atoms with E-state index in [0.29, 0.717) is 5.71 Å². The Labute approximate surface area is 114 Å². The number of furan rings is 1. The van der Waals surface area contributed by atoms with Crippen molar-refractivity contribution in [2.75, 3.05) is 0 Å². The molecule has 4 rings (SSSR count). The van der Waals surface area contributed by atoms with E-state index in [9.17, 15) is 4.79 Å². The highest BCUT2D eigenvalue weighted by Crippen LogP contribution is 2.28. The van der Waals surface area contributed by atoms with Crippen LogP contribution in [-0.4, -0.2) is 4.57 Å². The zero-order chi connectivity index (χ0) is 13.5. The van der Waals surface area contributed by atoms with Crippen molar-refractivity contribution >= 4 is 22.1 Å². The van der Waals surface area contributed by atoms with Gasteiger partial charge in [0, 0.05) is 16.8 Å². The predicted molar refractivity (Wildman–Crippen MR) is 79.3 cm³/mol. The first-order chi connectivity index (χ1) is 9.84. The van der Waals surface area contributed by atoms with Crippen LogP contribution in [0.15, 0.2) is 75.9 Å². The Morgan fingerprint density at radius 3 is 2.35 bits per heavy atom. The van der Waals surface area contributed by atoms with E-state index >= 15 is 0 Å². The minimum Gasteiger partial charge on any atom is -0.439 e. The minimum absolute atomic E-state index is 0.0947. The number of para-hydroxylation sites is 2. The Balaban J connectivity index is 2.20. The Morgan fingerprint density at radius 2 is 1.50 bits per heavy atom. The maximum Gasteiger partial charge on any atom is 0.257 e. The third-order valence-corrected chi connectivity index (χ3v) is 3.44. The van der Waals surface area contributed by atoms with E-state index in [-0.39, 0.29) is 5.56 Å². The van der Waals surface area contributed by atoms with Gasteiger partial charge in [-0.1, -0.05) is 36.4 Å². The summed E-state index contributed by atoms with van der Waals surface area (Å²) >= 11 is 0. The quantitative estimate of drug-likeness (QED) is 0.523. The second-order valence-corrected chi connectivity index (χ2v) is 4.66. The summed E-state index contributed by atoms with van der Waals surface area (Å²) in [7, 11) is 0. The monoisotopic (exact) mass is 261 g/mol. The summed E-state index contributed by atoms with van der Waals surface area (Å²) in [4.78, 5) is 12.2. The number of benzene rings is 2. The van der Waals surface area contributed by atoms with Gasteiger partial charge in [-0.2, -0.15) is 0 Å². The first-order valence-corrected chi connectivity index (χ1v) is 6.43. The lowest BCUT2D eigenvalue weighted by atomic mass is 10.2. The molecular weight excluding hydrogens is 250 g/mol. The van der Waals surface area contributed by atoms with Crippen molar-refractivity contribution in [2.45, 2.75) is 0 Å². The van der Waals surface area contributed by atoms with Crippen molar-refractivity contribution in [1.82, 2.24) is 4.57 Å². The van der Waals surface area contributed by atoms with Gasteiger partial charge in [0.1, 0.15) is 5.58 Å². The van der Waals surface area contributed by atoms with Crippen LogP contribution in [0.3, 0.4) is 0 Å². The molecule has 2 aromatic heterocycles. The molecule has 0 aliphatic carbocycles. The first kappa shape index (κ1) is 11.1. The number of pyridine rings is 1. The molecule has 0 atom stereocenters. The fourth-order valence-corrected chi connectivity index (χ4v) is 2.53. The molecule has 0 saturated carbocycles. The molecule has 3 heteroatoms. The highest BCUT2D eigenvalue weighted by Gasteiger charge is 2.12. The van der Waals surface area contributed by atoms with E-state index in [1.807, 2.05) is 60.7 Å². The molecule has 0 bridgehead atoms. The molecule has 0 aliphatic heterocycles. The standard InChI is InChI=1S/C17H11NO2/c19-16-11-10-14-13-8-4-5-9-15(13)20-17(14)18(16)12-6-2-1-3-7-12/h1-11H. The molecule has 0 radical (unpaired) electrons. The van der Waals surface area contributed by atoms with E-state index in [1.165, 1.54) is 0 Å². The summed E-state index contributed by atoms with van der Waals surface area (Å²) < 4.78 is 7.49. The number of hydrogen-bond donors (Lipinski definition) is 0. The molecular formula is C17H11NO2. The molecule has 0 N–H and O–H groups in total. The lowest BCUT2D eigenvalue weighted by molar-refractivity contribution is 0.637. The lowest BCUT2D eigenvalue weighted by Crippen LogP contribution is -2.16. The molecule has 2 heterocycles. The van der Waals surface area contributed by atoms with Crippen molar-refractivity contribution in [3.05, 3.63) is 77.1 Å². The van der Waals surface area contributed by atoms with Crippen molar-refractivity contribution in [3.63, 3.8) is 0 Å². The minimum atomic E-state index is -0.0947. The van der Waals surface area contributed by atoms with Gasteiger partial charge in [-0.05, 0) is 24.3 Å². The first-order valence-electron chi connectivity index (χ1n) is 6.43. The zero-order valence-electron chi connectivity index (χ0n) is 10.6. The molecule has 0 fully saturated rings. The van der Waals surface area contributed by atoms with Gasteiger partial charge in [-0.3, -0.25) is 4.79 Å². The third-order valence-electron chi connectivity index (χ3n) is 3.44. The van der Waals surface area contributed by atoms with Gasteiger partial charge >= 0.3 is 0 Å². The number of hydrogen-bond acceptors (Lipinski definition) is 2. The van der Waals surface area contributed by atoms with Crippen LogP contribution in [0.2, 0.25) is 0 Å². The van der Waals surface area contributed by atoms with Crippen LogP contribution in [0.4, 0.5) is 0 Å². The van der Waals surface area contributed by atoms with Crippen molar-refractivity contribution in [2.24, 2.45) is 0 Å². The van der Waals surface area contributed by atoms with Crippen molar-refractivity contribution in [3.8, 4) is 5.69 Å². The number of rotatable bonds is 1. The fraction of sp³-hybridized carbons (Fsp3) is 0. The maximum atomic E-state index is 12.2. The van der Waals surface area contributed by atoms with Crippen LogP contribution in [0.25, 0.3) is 27.8 Å². The van der Waals surface area contributed by atoms with Crippen LogP contribution in [0.5, 0.6) is 0 Å². The van der Waals surface area contributed by atoms with Gasteiger partial charge in [0.25, 0.3) is 5.56 Å². The second kappa shape index (κ2) is 4.10. The maximum absolute atomic E-state index is 12.2. The summed E-state index contributed by atoms with van der Waals surface area (Å²) in [5.74, 6) is 0. The molecule has 0 aliphatic rings. The van der Waals surface area contributed by atoms with E-state index in [1.54, 1.807) is 10.6 Å². The Hall–Kier alpha value is -2.81. The smallest absolute Gasteiger partial charge is 0.257 e. The lowest BCUT2D eigenvalue weighted by Gasteiger charge is -2.05. The molecule has 20 heavy (non-hydrogen) atoms. The van der Waals surface area contributed by atoms with Crippen LogP contribution in [0.1, 0.15) is 0 Å². The number of nitrogens with zero attached hydrogens (tertiary/aromatic N) is 1. The SMILES string of the molecule is O=c1ccc2c3ccccc3oc2n1-c1ccccc1. The fourth-order valence-electron chi connectivity index (χ4n) is 2.53. The molecule has 0 spiro atoms. The Bertz CT molecular complexity index is 965. The zero-order valence-corrected chi connectivity index (χ0v) is 10.6. The van der Waals surface area contributed by atoms with Gasteiger partial charge in [0.05, 0.1) is 5.69 Å². The van der Waals surface area contributed by atoms with Gasteiger partial charge in [0.2, 0.25) is 5.71 Å². The third kappa shape index (κ3) is 1.50. The van der Waals surface area contributed by atoms with Crippen molar-refractivity contribution in [1.29, 1.82) is 0 Å². The van der Waals surface area contributed by atoms with Gasteiger partial charge < -0.3 is 4.42 Å². The molecule has 0 saturated heterocycles. The molecule has 3 nitrogen and oxygen atoms in total. The second-order valence-electron chi connectivity index (χ2n) is 4.66. The van der Waals surface area contributed by atoms with E-state index in [2.05, 4.69) is 0 Å². The largest absolute Gasteiger partial charge is 0.439 e. The van der Waals surface area contributed by atoms with Gasteiger partial charge in [-0.15, -0.1) is 0 Å². The normalized spacial score (nSPS) is 11.2. The molecule has 96 valence electrons. The van der Waals surface area contributed by atoms with Crippen LogP contribution in [0, 0.1) is 0 Å². The van der Waals surface area contributed by atoms with E-state index < -0.39 is 0 Å². The van der Waals surface area contributed by atoms with Crippen LogP contribution in [-0.2, 0) is 0 Å². The van der Waals surface area contributed by atoms with E-state index in [4.69, 9.17) is 4.42 Å². The van der Waals surface area contributed by atoms with Gasteiger partial charge in [0.15, 0.2) is 0 Å². The Kier molecular flexibility index (Phi) is 2.27. The summed E-state index contributed by atoms with van der Waals surface area (Å²) in [6.07, 6.45) is 0. The summed E-state index contributed by atoms with van der Waals surface area (Å²) in [5.41, 5.74) is 2.09. The molecule has 0 amide bonds. The highest BCUT2D eigenvalue weighted by atomic mass is 16.3. The average Bonchev–Trinajstić information content (AvgIpc) is 2.86. The highest BCUT2D eigenvalue weighted by molar-refractivity contribution is 6.03. The molecule has 4 aromatic rings. The predicted octanol–water partition coefficient (Wildman–Crippen LogP) is 3.74. The Morgan fingerprint density at radius 1 is 0.750 bits per heavy atom. The van der Waals surface area contributed by atoms with Crippen LogP contribution >= 0.6 is 0 Å². The number of aromatic nitrogens is 1. The summed E-state index contributed by atoms with van der Waals surface area (Å²) in [6, 6.07) is 20.7. The number of fused-ring (bicyclic) bond motifs is 3.